The molecule has 0 atom stereocenters. The number of aryl methyl sites for hydroxylation is 2. The molecule has 0 fully saturated rings. The average molecular weight is 255 g/mol. The molecule has 1 amide bonds. The van der Waals surface area contributed by atoms with Crippen LogP contribution in [0.2, 0.25) is 0 Å². The molecule has 2 N–H and O–H groups in total. The summed E-state index contributed by atoms with van der Waals surface area (Å²) in [5, 5.41) is 0. The highest BCUT2D eigenvalue weighted by molar-refractivity contribution is 6.05. The predicted octanol–water partition coefficient (Wildman–Crippen LogP) is 2.56. The second kappa shape index (κ2) is 5.10. The van der Waals surface area contributed by atoms with Gasteiger partial charge in [-0.3, -0.25) is 4.79 Å². The molecule has 0 aliphatic heterocycles. The van der Waals surface area contributed by atoms with Crippen molar-refractivity contribution in [2.75, 3.05) is 17.7 Å². The number of carbonyl (C=O) groups excluding carboxylic acids is 1. The molecule has 98 valence electrons. The number of nitrogens with zero attached hydrogens (tertiary/aromatic N) is 2. The van der Waals surface area contributed by atoms with Crippen LogP contribution in [0.25, 0.3) is 0 Å². The Morgan fingerprint density at radius 2 is 1.89 bits per heavy atom. The zero-order chi connectivity index (χ0) is 14.0. The minimum absolute atomic E-state index is 0.0605. The van der Waals surface area contributed by atoms with Crippen molar-refractivity contribution in [2.45, 2.75) is 13.8 Å². The van der Waals surface area contributed by atoms with Crippen molar-refractivity contribution < 1.29 is 4.79 Å². The van der Waals surface area contributed by atoms with E-state index in [1.807, 2.05) is 32.0 Å². The molecule has 0 bridgehead atoms. The lowest BCUT2D eigenvalue weighted by Gasteiger charge is -2.17. The van der Waals surface area contributed by atoms with E-state index in [2.05, 4.69) is 4.98 Å². The summed E-state index contributed by atoms with van der Waals surface area (Å²) >= 11 is 0. The van der Waals surface area contributed by atoms with E-state index in [-0.39, 0.29) is 5.91 Å². The zero-order valence-electron chi connectivity index (χ0n) is 11.3. The molecule has 1 aromatic carbocycles. The van der Waals surface area contributed by atoms with Gasteiger partial charge in [-0.05, 0) is 49.2 Å². The minimum atomic E-state index is -0.0605. The summed E-state index contributed by atoms with van der Waals surface area (Å²) in [5.74, 6) is 0.380. The summed E-state index contributed by atoms with van der Waals surface area (Å²) in [7, 11) is 1.73. The molecule has 0 aliphatic carbocycles. The first-order valence-corrected chi connectivity index (χ1v) is 6.06. The number of hydrogen-bond donors (Lipinski definition) is 1. The van der Waals surface area contributed by atoms with Crippen LogP contribution in [0.4, 0.5) is 11.5 Å². The van der Waals surface area contributed by atoms with Crippen molar-refractivity contribution in [3.8, 4) is 0 Å². The Morgan fingerprint density at radius 3 is 2.47 bits per heavy atom. The first-order valence-electron chi connectivity index (χ1n) is 6.06. The van der Waals surface area contributed by atoms with Gasteiger partial charge in [0.1, 0.15) is 5.82 Å². The minimum Gasteiger partial charge on any atom is -0.384 e. The fraction of sp³-hybridized carbons (Fsp3) is 0.200. The quantitative estimate of drug-likeness (QED) is 0.897. The van der Waals surface area contributed by atoms with E-state index in [1.54, 1.807) is 30.3 Å². The second-order valence-electron chi connectivity index (χ2n) is 4.60. The zero-order valence-corrected chi connectivity index (χ0v) is 11.3. The highest BCUT2D eigenvalue weighted by Crippen LogP contribution is 2.17. The van der Waals surface area contributed by atoms with Crippen LogP contribution in [0.1, 0.15) is 21.5 Å². The standard InChI is InChI=1S/C15H17N3O/c1-10-4-5-12(8-11(10)2)15(19)18(3)13-6-7-14(16)17-9-13/h4-9H,1-3H3,(H2,16,17). The number of benzene rings is 1. The number of pyridine rings is 1. The molecule has 4 nitrogen and oxygen atoms in total. The second-order valence-corrected chi connectivity index (χ2v) is 4.60. The first kappa shape index (κ1) is 13.1. The normalized spacial score (nSPS) is 10.3. The number of amides is 1. The van der Waals surface area contributed by atoms with E-state index in [0.29, 0.717) is 11.4 Å². The Balaban J connectivity index is 2.28. The van der Waals surface area contributed by atoms with E-state index >= 15 is 0 Å². The number of hydrogen-bond acceptors (Lipinski definition) is 3. The van der Waals surface area contributed by atoms with Gasteiger partial charge in [0.15, 0.2) is 0 Å². The number of aromatic nitrogens is 1. The van der Waals surface area contributed by atoms with Crippen molar-refractivity contribution in [2.24, 2.45) is 0 Å². The lowest BCUT2D eigenvalue weighted by atomic mass is 10.1. The van der Waals surface area contributed by atoms with Crippen LogP contribution in [0.5, 0.6) is 0 Å². The molecule has 19 heavy (non-hydrogen) atoms. The summed E-state index contributed by atoms with van der Waals surface area (Å²) in [6, 6.07) is 9.16. The van der Waals surface area contributed by atoms with Crippen LogP contribution in [0.3, 0.4) is 0 Å². The van der Waals surface area contributed by atoms with Crippen molar-refractivity contribution in [1.82, 2.24) is 4.98 Å². The van der Waals surface area contributed by atoms with Crippen molar-refractivity contribution in [3.05, 3.63) is 53.2 Å². The highest BCUT2D eigenvalue weighted by atomic mass is 16.2. The summed E-state index contributed by atoms with van der Waals surface area (Å²) in [5.41, 5.74) is 9.21. The number of anilines is 2. The molecule has 0 spiro atoms. The summed E-state index contributed by atoms with van der Waals surface area (Å²) in [6.07, 6.45) is 1.59. The van der Waals surface area contributed by atoms with E-state index < -0.39 is 0 Å². The smallest absolute Gasteiger partial charge is 0.258 e. The van der Waals surface area contributed by atoms with Crippen LogP contribution < -0.4 is 10.6 Å². The SMILES string of the molecule is Cc1ccc(C(=O)N(C)c2ccc(N)nc2)cc1C. The van der Waals surface area contributed by atoms with Crippen LogP contribution in [-0.2, 0) is 0 Å². The van der Waals surface area contributed by atoms with Gasteiger partial charge in [-0.1, -0.05) is 6.07 Å². The van der Waals surface area contributed by atoms with Crippen LogP contribution in [0, 0.1) is 13.8 Å². The van der Waals surface area contributed by atoms with E-state index in [4.69, 9.17) is 5.73 Å². The third kappa shape index (κ3) is 2.73. The molecule has 0 saturated heterocycles. The van der Waals surface area contributed by atoms with Crippen LogP contribution in [0.15, 0.2) is 36.5 Å². The van der Waals surface area contributed by atoms with Gasteiger partial charge in [-0.2, -0.15) is 0 Å². The van der Waals surface area contributed by atoms with Gasteiger partial charge in [0, 0.05) is 12.6 Å². The van der Waals surface area contributed by atoms with Gasteiger partial charge < -0.3 is 10.6 Å². The summed E-state index contributed by atoms with van der Waals surface area (Å²) in [6.45, 7) is 4.02. The van der Waals surface area contributed by atoms with E-state index in [9.17, 15) is 4.79 Å². The number of nitrogen functional groups attached to an aromatic ring is 1. The Morgan fingerprint density at radius 1 is 1.16 bits per heavy atom. The van der Waals surface area contributed by atoms with Gasteiger partial charge in [-0.25, -0.2) is 4.98 Å². The van der Waals surface area contributed by atoms with Gasteiger partial charge in [0.25, 0.3) is 5.91 Å². The maximum absolute atomic E-state index is 12.4. The van der Waals surface area contributed by atoms with E-state index in [0.717, 1.165) is 11.3 Å². The highest BCUT2D eigenvalue weighted by Gasteiger charge is 2.14. The Labute approximate surface area is 112 Å². The van der Waals surface area contributed by atoms with Gasteiger partial charge >= 0.3 is 0 Å². The maximum Gasteiger partial charge on any atom is 0.258 e. The maximum atomic E-state index is 12.4. The Hall–Kier alpha value is -2.36. The molecule has 0 saturated carbocycles. The molecule has 2 aromatic rings. The average Bonchev–Trinajstić information content (AvgIpc) is 2.41. The number of rotatable bonds is 2. The van der Waals surface area contributed by atoms with Gasteiger partial charge in [0.05, 0.1) is 11.9 Å². The molecule has 4 heteroatoms. The molecular formula is C15H17N3O. The molecule has 0 unspecified atom stereocenters. The largest absolute Gasteiger partial charge is 0.384 e. The van der Waals surface area contributed by atoms with Crippen molar-refractivity contribution in [1.29, 1.82) is 0 Å². The molecule has 1 aromatic heterocycles. The lowest BCUT2D eigenvalue weighted by molar-refractivity contribution is 0.0993. The third-order valence-corrected chi connectivity index (χ3v) is 3.22. The van der Waals surface area contributed by atoms with Crippen molar-refractivity contribution >= 4 is 17.4 Å². The van der Waals surface area contributed by atoms with E-state index in [1.165, 1.54) is 5.56 Å². The van der Waals surface area contributed by atoms with Crippen LogP contribution >= 0.6 is 0 Å². The predicted molar refractivity (Wildman–Crippen MR) is 77.3 cm³/mol. The molecule has 0 radical (unpaired) electrons. The lowest BCUT2D eigenvalue weighted by Crippen LogP contribution is -2.26. The molecule has 0 aliphatic rings. The molecule has 2 rings (SSSR count). The van der Waals surface area contributed by atoms with Gasteiger partial charge in [0.2, 0.25) is 0 Å². The third-order valence-electron chi connectivity index (χ3n) is 3.22. The Kier molecular flexibility index (Phi) is 3.51. The topological polar surface area (TPSA) is 59.2 Å². The van der Waals surface area contributed by atoms with Crippen molar-refractivity contribution in [3.63, 3.8) is 0 Å². The fourth-order valence-corrected chi connectivity index (χ4v) is 1.78. The van der Waals surface area contributed by atoms with Crippen LogP contribution in [-0.4, -0.2) is 17.9 Å². The number of nitrogens with two attached hydrogens (primary N) is 1. The summed E-state index contributed by atoms with van der Waals surface area (Å²) < 4.78 is 0. The first-order chi connectivity index (χ1) is 8.99. The monoisotopic (exact) mass is 255 g/mol. The van der Waals surface area contributed by atoms with Gasteiger partial charge in [-0.15, -0.1) is 0 Å². The number of carbonyl (C=O) groups is 1. The molecular weight excluding hydrogens is 238 g/mol. The Bertz CT molecular complexity index is 605. The summed E-state index contributed by atoms with van der Waals surface area (Å²) in [4.78, 5) is 17.9. The molecule has 1 heterocycles. The fourth-order valence-electron chi connectivity index (χ4n) is 1.78.